The molecular weight excluding hydrogens is 248 g/mol. The molecule has 0 aliphatic heterocycles. The molecule has 0 aromatic heterocycles. The Morgan fingerprint density at radius 1 is 1.29 bits per heavy atom. The Morgan fingerprint density at radius 2 is 1.88 bits per heavy atom. The Labute approximate surface area is 100 Å². The first-order valence-corrected chi connectivity index (χ1v) is 6.64. The van der Waals surface area contributed by atoms with Crippen LogP contribution in [-0.2, 0) is 16.6 Å². The Balaban J connectivity index is 2.92. The first kappa shape index (κ1) is 14.1. The number of benzene rings is 1. The third kappa shape index (κ3) is 3.23. The van der Waals surface area contributed by atoms with Gasteiger partial charge < -0.3 is 0 Å². The van der Waals surface area contributed by atoms with Gasteiger partial charge in [0.05, 0.1) is 5.25 Å². The zero-order valence-corrected chi connectivity index (χ0v) is 10.8. The predicted molar refractivity (Wildman–Crippen MR) is 61.9 cm³/mol. The first-order valence-electron chi connectivity index (χ1n) is 5.14. The summed E-state index contributed by atoms with van der Waals surface area (Å²) in [6, 6.07) is 3.09. The highest BCUT2D eigenvalue weighted by Gasteiger charge is 2.23. The normalized spacial score (nSPS) is 12.4. The van der Waals surface area contributed by atoms with E-state index in [1.54, 1.807) is 13.8 Å². The monoisotopic (exact) mass is 263 g/mol. The number of nitrogens with zero attached hydrogens (tertiary/aromatic N) is 1. The molecule has 0 saturated heterocycles. The molecule has 0 unspecified atom stereocenters. The average Bonchev–Trinajstić information content (AvgIpc) is 2.21. The van der Waals surface area contributed by atoms with E-state index in [4.69, 9.17) is 0 Å². The van der Waals surface area contributed by atoms with Crippen molar-refractivity contribution in [2.45, 2.75) is 25.6 Å². The van der Waals surface area contributed by atoms with E-state index in [0.29, 0.717) is 0 Å². The maximum Gasteiger partial charge on any atom is 0.216 e. The molecule has 0 bridgehead atoms. The van der Waals surface area contributed by atoms with Gasteiger partial charge >= 0.3 is 0 Å². The van der Waals surface area contributed by atoms with Crippen LogP contribution in [0.3, 0.4) is 0 Å². The van der Waals surface area contributed by atoms with E-state index >= 15 is 0 Å². The van der Waals surface area contributed by atoms with E-state index < -0.39 is 26.9 Å². The van der Waals surface area contributed by atoms with Gasteiger partial charge in [0.2, 0.25) is 10.0 Å². The minimum atomic E-state index is -3.43. The highest BCUT2D eigenvalue weighted by atomic mass is 32.2. The summed E-state index contributed by atoms with van der Waals surface area (Å²) in [5.74, 6) is -1.42. The minimum Gasteiger partial charge on any atom is -0.212 e. The van der Waals surface area contributed by atoms with Gasteiger partial charge in [-0.3, -0.25) is 0 Å². The minimum absolute atomic E-state index is 0.105. The fraction of sp³-hybridized carbons (Fsp3) is 0.455. The van der Waals surface area contributed by atoms with Gasteiger partial charge in [0.15, 0.2) is 0 Å². The van der Waals surface area contributed by atoms with Gasteiger partial charge in [-0.2, -0.15) is 0 Å². The molecular formula is C11H15F2NO2S. The van der Waals surface area contributed by atoms with Crippen LogP contribution in [0.2, 0.25) is 0 Å². The van der Waals surface area contributed by atoms with Crippen molar-refractivity contribution in [2.75, 3.05) is 7.05 Å². The molecule has 0 amide bonds. The van der Waals surface area contributed by atoms with Crippen LogP contribution in [0.15, 0.2) is 18.2 Å². The standard InChI is InChI=1S/C11H15F2NO2S/c1-8(2)17(15,16)14(3)7-9-4-5-10(12)6-11(9)13/h4-6,8H,7H2,1-3H3. The second kappa shape index (κ2) is 5.10. The van der Waals surface area contributed by atoms with E-state index in [1.807, 2.05) is 0 Å². The van der Waals surface area contributed by atoms with Crippen LogP contribution < -0.4 is 0 Å². The highest BCUT2D eigenvalue weighted by Crippen LogP contribution is 2.15. The van der Waals surface area contributed by atoms with Gasteiger partial charge in [0.1, 0.15) is 11.6 Å². The van der Waals surface area contributed by atoms with Crippen LogP contribution in [0.5, 0.6) is 0 Å². The molecule has 0 aliphatic carbocycles. The summed E-state index contributed by atoms with van der Waals surface area (Å²) in [5.41, 5.74) is 0.151. The van der Waals surface area contributed by atoms with Gasteiger partial charge in [-0.15, -0.1) is 0 Å². The maximum absolute atomic E-state index is 13.3. The fourth-order valence-electron chi connectivity index (χ4n) is 1.34. The van der Waals surface area contributed by atoms with Crippen molar-refractivity contribution in [2.24, 2.45) is 0 Å². The summed E-state index contributed by atoms with van der Waals surface area (Å²) in [6.45, 7) is 2.99. The Bertz CT molecular complexity index is 500. The number of hydrogen-bond donors (Lipinski definition) is 0. The molecule has 0 radical (unpaired) electrons. The Hall–Kier alpha value is -1.01. The van der Waals surface area contributed by atoms with Crippen LogP contribution in [0.25, 0.3) is 0 Å². The van der Waals surface area contributed by atoms with Crippen LogP contribution >= 0.6 is 0 Å². The summed E-state index contributed by atoms with van der Waals surface area (Å²) in [7, 11) is -2.06. The van der Waals surface area contributed by atoms with E-state index in [1.165, 1.54) is 13.1 Å². The van der Waals surface area contributed by atoms with Gasteiger partial charge in [0.25, 0.3) is 0 Å². The molecule has 1 aromatic carbocycles. The van der Waals surface area contributed by atoms with Crippen LogP contribution in [-0.4, -0.2) is 25.0 Å². The van der Waals surface area contributed by atoms with Crippen molar-refractivity contribution in [1.29, 1.82) is 0 Å². The number of hydrogen-bond acceptors (Lipinski definition) is 2. The smallest absolute Gasteiger partial charge is 0.212 e. The molecule has 17 heavy (non-hydrogen) atoms. The molecule has 96 valence electrons. The lowest BCUT2D eigenvalue weighted by Crippen LogP contribution is -2.32. The fourth-order valence-corrected chi connectivity index (χ4v) is 2.38. The van der Waals surface area contributed by atoms with Crippen LogP contribution in [0, 0.1) is 11.6 Å². The van der Waals surface area contributed by atoms with Gasteiger partial charge in [-0.1, -0.05) is 6.07 Å². The van der Waals surface area contributed by atoms with Crippen molar-refractivity contribution >= 4 is 10.0 Å². The number of rotatable bonds is 4. The molecule has 1 aromatic rings. The summed E-state index contributed by atoms with van der Waals surface area (Å²) in [4.78, 5) is 0. The molecule has 0 spiro atoms. The maximum atomic E-state index is 13.3. The van der Waals surface area contributed by atoms with Crippen LogP contribution in [0.4, 0.5) is 8.78 Å². The zero-order valence-electron chi connectivity index (χ0n) is 9.94. The molecule has 1 rings (SSSR count). The quantitative estimate of drug-likeness (QED) is 0.834. The summed E-state index contributed by atoms with van der Waals surface area (Å²) in [5, 5.41) is -0.573. The first-order chi connectivity index (χ1) is 7.75. The number of sulfonamides is 1. The van der Waals surface area contributed by atoms with Crippen molar-refractivity contribution in [3.8, 4) is 0 Å². The third-order valence-corrected chi connectivity index (χ3v) is 4.63. The predicted octanol–water partition coefficient (Wildman–Crippen LogP) is 2.13. The van der Waals surface area contributed by atoms with Gasteiger partial charge in [0, 0.05) is 25.2 Å². The molecule has 0 heterocycles. The molecule has 3 nitrogen and oxygen atoms in total. The topological polar surface area (TPSA) is 37.4 Å². The van der Waals surface area contributed by atoms with Crippen LogP contribution in [0.1, 0.15) is 19.4 Å². The Morgan fingerprint density at radius 3 is 2.35 bits per heavy atom. The molecule has 0 saturated carbocycles. The van der Waals surface area contributed by atoms with E-state index in [-0.39, 0.29) is 12.1 Å². The molecule has 0 atom stereocenters. The van der Waals surface area contributed by atoms with Crippen molar-refractivity contribution in [1.82, 2.24) is 4.31 Å². The number of halogens is 2. The molecule has 0 fully saturated rings. The molecule has 0 aliphatic rings. The zero-order chi connectivity index (χ0) is 13.2. The van der Waals surface area contributed by atoms with Gasteiger partial charge in [-0.25, -0.2) is 21.5 Å². The highest BCUT2D eigenvalue weighted by molar-refractivity contribution is 7.89. The van der Waals surface area contributed by atoms with Crippen molar-refractivity contribution < 1.29 is 17.2 Å². The Kier molecular flexibility index (Phi) is 4.21. The largest absolute Gasteiger partial charge is 0.216 e. The van der Waals surface area contributed by atoms with Gasteiger partial charge in [-0.05, 0) is 19.9 Å². The van der Waals surface area contributed by atoms with E-state index in [9.17, 15) is 17.2 Å². The summed E-state index contributed by atoms with van der Waals surface area (Å²) in [6.07, 6.45) is 0. The molecule has 0 N–H and O–H groups in total. The van der Waals surface area contributed by atoms with Crippen molar-refractivity contribution in [3.05, 3.63) is 35.4 Å². The second-order valence-electron chi connectivity index (χ2n) is 4.09. The van der Waals surface area contributed by atoms with E-state index in [2.05, 4.69) is 0 Å². The second-order valence-corrected chi connectivity index (χ2v) is 6.68. The van der Waals surface area contributed by atoms with Crippen molar-refractivity contribution in [3.63, 3.8) is 0 Å². The third-order valence-electron chi connectivity index (χ3n) is 2.44. The SMILES string of the molecule is CC(C)S(=O)(=O)N(C)Cc1ccc(F)cc1F. The van der Waals surface area contributed by atoms with E-state index in [0.717, 1.165) is 16.4 Å². The lowest BCUT2D eigenvalue weighted by Gasteiger charge is -2.19. The summed E-state index contributed by atoms with van der Waals surface area (Å²) < 4.78 is 50.6. The lowest BCUT2D eigenvalue weighted by atomic mass is 10.2. The molecule has 6 heteroatoms. The summed E-state index contributed by atoms with van der Waals surface area (Å²) >= 11 is 0. The lowest BCUT2D eigenvalue weighted by molar-refractivity contribution is 0.448. The average molecular weight is 263 g/mol.